The van der Waals surface area contributed by atoms with Crippen LogP contribution in [0.3, 0.4) is 0 Å². The lowest BCUT2D eigenvalue weighted by atomic mass is 9.73. The molecule has 0 atom stereocenters. The van der Waals surface area contributed by atoms with Crippen molar-refractivity contribution >= 4 is 15.9 Å². The van der Waals surface area contributed by atoms with Crippen molar-refractivity contribution in [3.8, 4) is 0 Å². The Bertz CT molecular complexity index is 367. The summed E-state index contributed by atoms with van der Waals surface area (Å²) in [6, 6.07) is 4.13. The molecule has 3 heteroatoms. The molecule has 0 spiro atoms. The highest BCUT2D eigenvalue weighted by Gasteiger charge is 2.31. The highest BCUT2D eigenvalue weighted by atomic mass is 79.9. The first-order chi connectivity index (χ1) is 8.61. The van der Waals surface area contributed by atoms with Crippen LogP contribution in [-0.2, 0) is 6.42 Å². The van der Waals surface area contributed by atoms with Gasteiger partial charge in [0.25, 0.3) is 0 Å². The van der Waals surface area contributed by atoms with Gasteiger partial charge in [0.2, 0.25) is 0 Å². The van der Waals surface area contributed by atoms with Gasteiger partial charge in [0.05, 0.1) is 0 Å². The SMILES string of the molecule is CCCC1CCC(N)(Cc2ccc(Br)cn2)CC1. The van der Waals surface area contributed by atoms with Gasteiger partial charge in [0.15, 0.2) is 0 Å². The van der Waals surface area contributed by atoms with E-state index in [-0.39, 0.29) is 5.54 Å². The van der Waals surface area contributed by atoms with Gasteiger partial charge in [0, 0.05) is 28.3 Å². The zero-order valence-electron chi connectivity index (χ0n) is 11.2. The van der Waals surface area contributed by atoms with Gasteiger partial charge >= 0.3 is 0 Å². The maximum Gasteiger partial charge on any atom is 0.0422 e. The van der Waals surface area contributed by atoms with Crippen molar-refractivity contribution in [3.63, 3.8) is 0 Å². The minimum atomic E-state index is -0.0227. The third-order valence-electron chi connectivity index (χ3n) is 4.12. The van der Waals surface area contributed by atoms with Crippen LogP contribution in [0.5, 0.6) is 0 Å². The molecule has 1 aromatic heterocycles. The molecule has 1 saturated carbocycles. The van der Waals surface area contributed by atoms with Crippen molar-refractivity contribution < 1.29 is 0 Å². The van der Waals surface area contributed by atoms with Crippen LogP contribution >= 0.6 is 15.9 Å². The molecule has 0 aliphatic heterocycles. The molecular weight excluding hydrogens is 288 g/mol. The van der Waals surface area contributed by atoms with Crippen LogP contribution in [0, 0.1) is 5.92 Å². The zero-order valence-corrected chi connectivity index (χ0v) is 12.7. The lowest BCUT2D eigenvalue weighted by Crippen LogP contribution is -2.45. The van der Waals surface area contributed by atoms with E-state index < -0.39 is 0 Å². The van der Waals surface area contributed by atoms with Crippen LogP contribution < -0.4 is 5.73 Å². The maximum atomic E-state index is 6.54. The van der Waals surface area contributed by atoms with Crippen molar-refractivity contribution in [2.75, 3.05) is 0 Å². The topological polar surface area (TPSA) is 38.9 Å². The predicted molar refractivity (Wildman–Crippen MR) is 79.4 cm³/mol. The van der Waals surface area contributed by atoms with Gasteiger partial charge in [-0.2, -0.15) is 0 Å². The highest BCUT2D eigenvalue weighted by Crippen LogP contribution is 2.34. The summed E-state index contributed by atoms with van der Waals surface area (Å²) >= 11 is 3.42. The molecule has 0 amide bonds. The Morgan fingerprint density at radius 2 is 2.11 bits per heavy atom. The second-order valence-electron chi connectivity index (χ2n) is 5.74. The van der Waals surface area contributed by atoms with E-state index in [9.17, 15) is 0 Å². The van der Waals surface area contributed by atoms with Gasteiger partial charge in [-0.25, -0.2) is 0 Å². The van der Waals surface area contributed by atoms with Gasteiger partial charge < -0.3 is 5.73 Å². The first-order valence-electron chi connectivity index (χ1n) is 7.00. The molecule has 0 saturated heterocycles. The quantitative estimate of drug-likeness (QED) is 0.910. The van der Waals surface area contributed by atoms with Gasteiger partial charge in [-0.1, -0.05) is 19.8 Å². The molecule has 1 aliphatic carbocycles. The van der Waals surface area contributed by atoms with Crippen LogP contribution in [0.4, 0.5) is 0 Å². The molecule has 0 aromatic carbocycles. The van der Waals surface area contributed by atoms with Crippen molar-refractivity contribution in [1.29, 1.82) is 0 Å². The number of hydrogen-bond donors (Lipinski definition) is 1. The molecule has 1 aliphatic rings. The minimum Gasteiger partial charge on any atom is -0.325 e. The van der Waals surface area contributed by atoms with Crippen LogP contribution in [0.1, 0.15) is 51.1 Å². The zero-order chi connectivity index (χ0) is 13.0. The average molecular weight is 311 g/mol. The van der Waals surface area contributed by atoms with E-state index >= 15 is 0 Å². The van der Waals surface area contributed by atoms with Gasteiger partial charge in [-0.05, 0) is 59.7 Å². The first-order valence-corrected chi connectivity index (χ1v) is 7.80. The normalized spacial score (nSPS) is 28.3. The third-order valence-corrected chi connectivity index (χ3v) is 4.59. The lowest BCUT2D eigenvalue weighted by Gasteiger charge is -2.37. The molecular formula is C15H23BrN2. The maximum absolute atomic E-state index is 6.54. The van der Waals surface area contributed by atoms with E-state index in [0.29, 0.717) is 0 Å². The number of halogens is 1. The Labute approximate surface area is 119 Å². The van der Waals surface area contributed by atoms with Crippen LogP contribution in [0.15, 0.2) is 22.8 Å². The Morgan fingerprint density at radius 1 is 1.39 bits per heavy atom. The molecule has 0 unspecified atom stereocenters. The number of nitrogens with two attached hydrogens (primary N) is 1. The molecule has 18 heavy (non-hydrogen) atoms. The predicted octanol–water partition coefficient (Wildman–Crippen LogP) is 4.07. The van der Waals surface area contributed by atoms with E-state index in [4.69, 9.17) is 5.73 Å². The monoisotopic (exact) mass is 310 g/mol. The first kappa shape index (κ1) is 14.0. The van der Waals surface area contributed by atoms with E-state index in [1.54, 1.807) is 0 Å². The molecule has 1 heterocycles. The Morgan fingerprint density at radius 3 is 2.67 bits per heavy atom. The van der Waals surface area contributed by atoms with Crippen LogP contribution in [0.2, 0.25) is 0 Å². The smallest absolute Gasteiger partial charge is 0.0422 e. The molecule has 2 N–H and O–H groups in total. The number of rotatable bonds is 4. The standard InChI is InChI=1S/C15H23BrN2/c1-2-3-12-6-8-15(17,9-7-12)10-14-5-4-13(16)11-18-14/h4-5,11-12H,2-3,6-10,17H2,1H3. The molecule has 2 nitrogen and oxygen atoms in total. The average Bonchev–Trinajstić information content (AvgIpc) is 2.36. The largest absolute Gasteiger partial charge is 0.325 e. The summed E-state index contributed by atoms with van der Waals surface area (Å²) < 4.78 is 1.03. The fourth-order valence-electron chi connectivity index (χ4n) is 3.00. The van der Waals surface area contributed by atoms with E-state index in [0.717, 1.165) is 35.3 Å². The van der Waals surface area contributed by atoms with Crippen molar-refractivity contribution in [3.05, 3.63) is 28.5 Å². The fraction of sp³-hybridized carbons (Fsp3) is 0.667. The van der Waals surface area contributed by atoms with Gasteiger partial charge in [0.1, 0.15) is 0 Å². The molecule has 2 rings (SSSR count). The summed E-state index contributed by atoms with van der Waals surface area (Å²) in [4.78, 5) is 4.45. The highest BCUT2D eigenvalue weighted by molar-refractivity contribution is 9.10. The van der Waals surface area contributed by atoms with Crippen molar-refractivity contribution in [2.45, 2.75) is 57.4 Å². The second-order valence-corrected chi connectivity index (χ2v) is 6.65. The van der Waals surface area contributed by atoms with Crippen LogP contribution in [-0.4, -0.2) is 10.5 Å². The number of nitrogens with zero attached hydrogens (tertiary/aromatic N) is 1. The fourth-order valence-corrected chi connectivity index (χ4v) is 3.23. The Balaban J connectivity index is 1.91. The van der Waals surface area contributed by atoms with Gasteiger partial charge in [-0.15, -0.1) is 0 Å². The third kappa shape index (κ3) is 3.79. The second kappa shape index (κ2) is 6.16. The Hall–Kier alpha value is -0.410. The number of aromatic nitrogens is 1. The molecule has 1 fully saturated rings. The molecule has 0 bridgehead atoms. The lowest BCUT2D eigenvalue weighted by molar-refractivity contribution is 0.222. The summed E-state index contributed by atoms with van der Waals surface area (Å²) in [5.41, 5.74) is 7.63. The van der Waals surface area contributed by atoms with E-state index in [1.807, 2.05) is 6.20 Å². The summed E-state index contributed by atoms with van der Waals surface area (Å²) in [6.45, 7) is 2.27. The number of pyridine rings is 1. The van der Waals surface area contributed by atoms with E-state index in [2.05, 4.69) is 40.0 Å². The number of hydrogen-bond acceptors (Lipinski definition) is 2. The van der Waals surface area contributed by atoms with Crippen molar-refractivity contribution in [2.24, 2.45) is 11.7 Å². The summed E-state index contributed by atoms with van der Waals surface area (Å²) in [7, 11) is 0. The molecule has 1 aromatic rings. The molecule has 0 radical (unpaired) electrons. The molecule has 100 valence electrons. The summed E-state index contributed by atoms with van der Waals surface area (Å²) in [5.74, 6) is 0.907. The Kier molecular flexibility index (Phi) is 4.79. The van der Waals surface area contributed by atoms with Crippen molar-refractivity contribution in [1.82, 2.24) is 4.98 Å². The summed E-state index contributed by atoms with van der Waals surface area (Å²) in [5, 5.41) is 0. The minimum absolute atomic E-state index is 0.0227. The van der Waals surface area contributed by atoms with Crippen LogP contribution in [0.25, 0.3) is 0 Å². The van der Waals surface area contributed by atoms with E-state index in [1.165, 1.54) is 25.7 Å². The van der Waals surface area contributed by atoms with Gasteiger partial charge in [-0.3, -0.25) is 4.98 Å². The summed E-state index contributed by atoms with van der Waals surface area (Å²) in [6.07, 6.45) is 10.3.